The van der Waals surface area contributed by atoms with Gasteiger partial charge in [0.1, 0.15) is 5.82 Å². The zero-order valence-electron chi connectivity index (χ0n) is 12.1. The fraction of sp³-hybridized carbons (Fsp3) is 0.250. The summed E-state index contributed by atoms with van der Waals surface area (Å²) in [5, 5.41) is 3.86. The van der Waals surface area contributed by atoms with Gasteiger partial charge in [0.15, 0.2) is 5.76 Å². The molecular weight excluding hydrogens is 319 g/mol. The summed E-state index contributed by atoms with van der Waals surface area (Å²) >= 11 is 3.22. The molecule has 0 amide bonds. The van der Waals surface area contributed by atoms with E-state index in [1.807, 2.05) is 0 Å². The molecule has 0 unspecified atom stereocenters. The van der Waals surface area contributed by atoms with E-state index in [0.717, 1.165) is 29.9 Å². The topological polar surface area (TPSA) is 38.9 Å². The van der Waals surface area contributed by atoms with Crippen LogP contribution in [0.2, 0.25) is 0 Å². The van der Waals surface area contributed by atoms with E-state index in [2.05, 4.69) is 22.3 Å². The van der Waals surface area contributed by atoms with Crippen molar-refractivity contribution in [1.29, 1.82) is 0 Å². The average molecular weight is 334 g/mol. The first-order chi connectivity index (χ1) is 10.7. The van der Waals surface area contributed by atoms with E-state index in [4.69, 9.17) is 4.42 Å². The third-order valence-electron chi connectivity index (χ3n) is 3.02. The van der Waals surface area contributed by atoms with Gasteiger partial charge >= 0.3 is 0 Å². The van der Waals surface area contributed by atoms with Crippen LogP contribution in [0.15, 0.2) is 45.5 Å². The monoisotopic (exact) mass is 334 g/mol. The molecule has 3 rings (SSSR count). The van der Waals surface area contributed by atoms with Gasteiger partial charge in [0.2, 0.25) is 0 Å². The molecule has 3 aromatic rings. The SMILES string of the molecule is CCCc1nc(CSc2ncc(-c3ccc(F)cc3)o2)cs1. The minimum atomic E-state index is -0.260. The molecule has 0 aliphatic heterocycles. The molecule has 6 heteroatoms. The van der Waals surface area contributed by atoms with E-state index >= 15 is 0 Å². The van der Waals surface area contributed by atoms with Gasteiger partial charge in [-0.3, -0.25) is 0 Å². The first-order valence-electron chi connectivity index (χ1n) is 7.02. The van der Waals surface area contributed by atoms with E-state index in [-0.39, 0.29) is 5.82 Å². The van der Waals surface area contributed by atoms with E-state index in [9.17, 15) is 4.39 Å². The molecular formula is C16H15FN2OS2. The maximum absolute atomic E-state index is 12.9. The highest BCUT2D eigenvalue weighted by Crippen LogP contribution is 2.28. The Morgan fingerprint density at radius 2 is 2.09 bits per heavy atom. The summed E-state index contributed by atoms with van der Waals surface area (Å²) in [5.74, 6) is 1.13. The first-order valence-corrected chi connectivity index (χ1v) is 8.89. The molecule has 0 N–H and O–H groups in total. The van der Waals surface area contributed by atoms with E-state index in [1.54, 1.807) is 29.7 Å². The second kappa shape index (κ2) is 7.07. The fourth-order valence-corrected chi connectivity index (χ4v) is 3.65. The number of aromatic nitrogens is 2. The Balaban J connectivity index is 1.62. The van der Waals surface area contributed by atoms with Crippen molar-refractivity contribution >= 4 is 23.1 Å². The van der Waals surface area contributed by atoms with Gasteiger partial charge in [-0.1, -0.05) is 18.7 Å². The van der Waals surface area contributed by atoms with Crippen LogP contribution in [-0.4, -0.2) is 9.97 Å². The predicted octanol–water partition coefficient (Wildman–Crippen LogP) is 5.18. The molecule has 0 spiro atoms. The van der Waals surface area contributed by atoms with Crippen LogP contribution in [0.25, 0.3) is 11.3 Å². The van der Waals surface area contributed by atoms with Crippen molar-refractivity contribution in [1.82, 2.24) is 9.97 Å². The van der Waals surface area contributed by atoms with Crippen molar-refractivity contribution in [2.24, 2.45) is 0 Å². The van der Waals surface area contributed by atoms with Crippen molar-refractivity contribution in [3.8, 4) is 11.3 Å². The Bertz CT molecular complexity index is 737. The second-order valence-electron chi connectivity index (χ2n) is 4.77. The number of rotatable bonds is 6. The van der Waals surface area contributed by atoms with Crippen LogP contribution in [0.3, 0.4) is 0 Å². The molecule has 0 aliphatic rings. The zero-order valence-corrected chi connectivity index (χ0v) is 13.7. The number of aryl methyl sites for hydroxylation is 1. The molecule has 2 aromatic heterocycles. The lowest BCUT2D eigenvalue weighted by Gasteiger charge is -1.96. The summed E-state index contributed by atoms with van der Waals surface area (Å²) in [4.78, 5) is 8.83. The van der Waals surface area contributed by atoms with Crippen molar-refractivity contribution in [2.45, 2.75) is 30.7 Å². The van der Waals surface area contributed by atoms with Crippen LogP contribution in [0, 0.1) is 5.82 Å². The maximum atomic E-state index is 12.9. The fourth-order valence-electron chi connectivity index (χ4n) is 1.95. The number of nitrogens with zero attached hydrogens (tertiary/aromatic N) is 2. The Labute approximate surface area is 136 Å². The molecule has 22 heavy (non-hydrogen) atoms. The number of thioether (sulfide) groups is 1. The van der Waals surface area contributed by atoms with Gasteiger partial charge in [0.25, 0.3) is 5.22 Å². The average Bonchev–Trinajstić information content (AvgIpc) is 3.16. The van der Waals surface area contributed by atoms with E-state index in [0.29, 0.717) is 11.0 Å². The van der Waals surface area contributed by atoms with Crippen molar-refractivity contribution in [3.05, 3.63) is 52.4 Å². The molecule has 3 nitrogen and oxygen atoms in total. The van der Waals surface area contributed by atoms with E-state index in [1.165, 1.54) is 28.9 Å². The minimum absolute atomic E-state index is 0.260. The highest BCUT2D eigenvalue weighted by Gasteiger charge is 2.09. The van der Waals surface area contributed by atoms with Crippen molar-refractivity contribution < 1.29 is 8.81 Å². The number of oxazole rings is 1. The summed E-state index contributed by atoms with van der Waals surface area (Å²) in [6.07, 6.45) is 3.81. The van der Waals surface area contributed by atoms with Gasteiger partial charge in [0, 0.05) is 16.7 Å². The van der Waals surface area contributed by atoms with Crippen LogP contribution in [0.4, 0.5) is 4.39 Å². The molecule has 0 fully saturated rings. The third-order valence-corrected chi connectivity index (χ3v) is 4.85. The Morgan fingerprint density at radius 3 is 2.86 bits per heavy atom. The first kappa shape index (κ1) is 15.2. The van der Waals surface area contributed by atoms with Gasteiger partial charge in [0.05, 0.1) is 16.9 Å². The lowest BCUT2D eigenvalue weighted by atomic mass is 10.2. The van der Waals surface area contributed by atoms with Gasteiger partial charge < -0.3 is 4.42 Å². The largest absolute Gasteiger partial charge is 0.431 e. The Kier molecular flexibility index (Phi) is 4.90. The summed E-state index contributed by atoms with van der Waals surface area (Å²) in [5.41, 5.74) is 1.87. The van der Waals surface area contributed by atoms with Gasteiger partial charge in [-0.05, 0) is 37.1 Å². The molecule has 1 aromatic carbocycles. The molecule has 0 saturated heterocycles. The normalized spacial score (nSPS) is 11.0. The number of thiazole rings is 1. The second-order valence-corrected chi connectivity index (χ2v) is 6.64. The standard InChI is InChI=1S/C16H15FN2OS2/c1-2-3-15-19-13(9-21-15)10-22-16-18-8-14(20-16)11-4-6-12(17)7-5-11/h4-9H,2-3,10H2,1H3. The summed E-state index contributed by atoms with van der Waals surface area (Å²) in [6.45, 7) is 2.15. The van der Waals surface area contributed by atoms with Crippen LogP contribution in [0.5, 0.6) is 0 Å². The molecule has 0 aliphatic carbocycles. The van der Waals surface area contributed by atoms with Gasteiger partial charge in [-0.15, -0.1) is 11.3 Å². The molecule has 0 bridgehead atoms. The predicted molar refractivity (Wildman–Crippen MR) is 87.6 cm³/mol. The Hall–Kier alpha value is -1.66. The van der Waals surface area contributed by atoms with Crippen LogP contribution in [0.1, 0.15) is 24.0 Å². The zero-order chi connectivity index (χ0) is 15.4. The molecule has 0 saturated carbocycles. The molecule has 0 radical (unpaired) electrons. The van der Waals surface area contributed by atoms with Crippen molar-refractivity contribution in [2.75, 3.05) is 0 Å². The maximum Gasteiger partial charge on any atom is 0.256 e. The quantitative estimate of drug-likeness (QED) is 0.582. The Morgan fingerprint density at radius 1 is 1.27 bits per heavy atom. The number of hydrogen-bond donors (Lipinski definition) is 0. The van der Waals surface area contributed by atoms with Crippen LogP contribution in [-0.2, 0) is 12.2 Å². The lowest BCUT2D eigenvalue weighted by Crippen LogP contribution is -1.84. The number of benzene rings is 1. The smallest absolute Gasteiger partial charge is 0.256 e. The van der Waals surface area contributed by atoms with Gasteiger partial charge in [-0.25, -0.2) is 14.4 Å². The molecule has 0 atom stereocenters. The van der Waals surface area contributed by atoms with Crippen molar-refractivity contribution in [3.63, 3.8) is 0 Å². The molecule has 2 heterocycles. The lowest BCUT2D eigenvalue weighted by molar-refractivity contribution is 0.466. The highest BCUT2D eigenvalue weighted by molar-refractivity contribution is 7.98. The summed E-state index contributed by atoms with van der Waals surface area (Å²) in [7, 11) is 0. The van der Waals surface area contributed by atoms with Crippen LogP contribution < -0.4 is 0 Å². The highest BCUT2D eigenvalue weighted by atomic mass is 32.2. The minimum Gasteiger partial charge on any atom is -0.431 e. The number of hydrogen-bond acceptors (Lipinski definition) is 5. The summed E-state index contributed by atoms with van der Waals surface area (Å²) < 4.78 is 18.6. The number of halogens is 1. The van der Waals surface area contributed by atoms with E-state index < -0.39 is 0 Å². The summed E-state index contributed by atoms with van der Waals surface area (Å²) in [6, 6.07) is 6.19. The van der Waals surface area contributed by atoms with Gasteiger partial charge in [-0.2, -0.15) is 0 Å². The third kappa shape index (κ3) is 3.75. The van der Waals surface area contributed by atoms with Crippen LogP contribution >= 0.6 is 23.1 Å². The molecule has 114 valence electrons.